The zero-order chi connectivity index (χ0) is 37.0. The van der Waals surface area contributed by atoms with Gasteiger partial charge in [0, 0.05) is 38.4 Å². The molecule has 0 aliphatic rings. The third-order valence-corrected chi connectivity index (χ3v) is 10.8. The van der Waals surface area contributed by atoms with Gasteiger partial charge in [-0.2, -0.15) is 9.97 Å². The van der Waals surface area contributed by atoms with Crippen molar-refractivity contribution in [2.45, 2.75) is 0 Å². The van der Waals surface area contributed by atoms with Gasteiger partial charge < -0.3 is 4.57 Å². The fraction of sp³-hybridized carbons (Fsp3) is 0. The minimum Gasteiger partial charge on any atom is -0.309 e. The first kappa shape index (κ1) is 31.9. The molecule has 0 unspecified atom stereocenters. The maximum absolute atomic E-state index is 5.22. The van der Waals surface area contributed by atoms with E-state index in [1.165, 1.54) is 27.6 Å². The van der Waals surface area contributed by atoms with Crippen molar-refractivity contribution in [1.29, 1.82) is 0 Å². The Morgan fingerprint density at radius 2 is 0.732 bits per heavy atom. The van der Waals surface area contributed by atoms with Gasteiger partial charge in [0.25, 0.3) is 0 Å². The summed E-state index contributed by atoms with van der Waals surface area (Å²) < 4.78 is 4.62. The fourth-order valence-corrected chi connectivity index (χ4v) is 8.18. The van der Waals surface area contributed by atoms with E-state index < -0.39 is 0 Å². The number of benzene rings is 8. The number of para-hydroxylation sites is 2. The van der Waals surface area contributed by atoms with Gasteiger partial charge in [-0.25, -0.2) is 4.98 Å². The lowest BCUT2D eigenvalue weighted by Crippen LogP contribution is -2.06. The second-order valence-electron chi connectivity index (χ2n) is 14.1. The Bertz CT molecular complexity index is 3140. The fourth-order valence-electron chi connectivity index (χ4n) is 8.18. The van der Waals surface area contributed by atoms with E-state index in [2.05, 4.69) is 173 Å². The van der Waals surface area contributed by atoms with Crippen molar-refractivity contribution >= 4 is 43.6 Å². The Kier molecular flexibility index (Phi) is 7.42. The molecule has 262 valence electrons. The van der Waals surface area contributed by atoms with Crippen LogP contribution >= 0.6 is 0 Å². The summed E-state index contributed by atoms with van der Waals surface area (Å²) >= 11 is 0. The summed E-state index contributed by atoms with van der Waals surface area (Å²) in [6, 6.07) is 70.4. The van der Waals surface area contributed by atoms with Crippen LogP contribution in [0.25, 0.3) is 100 Å². The highest BCUT2D eigenvalue weighted by atomic mass is 15.2. The first-order valence-corrected chi connectivity index (χ1v) is 18.9. The lowest BCUT2D eigenvalue weighted by atomic mass is 10.0. The van der Waals surface area contributed by atoms with Crippen molar-refractivity contribution in [3.63, 3.8) is 0 Å². The summed E-state index contributed by atoms with van der Waals surface area (Å²) in [7, 11) is 0. The van der Waals surface area contributed by atoms with Gasteiger partial charge in [0.2, 0.25) is 5.95 Å². The van der Waals surface area contributed by atoms with Crippen molar-refractivity contribution < 1.29 is 0 Å². The standard InChI is InChI=1S/C51H33N5/c1-4-14-34(15-5-1)35-24-26-36(27-25-35)37-28-30-40(31-29-37)55-45-23-13-11-21-43(45)47-46(55)33-32-42-41-20-10-12-22-44(41)56(48(42)47)51-53-49(38-16-6-2-7-17-38)52-50(54-51)39-18-8-3-9-19-39/h1-33H. The Hall–Kier alpha value is -7.63. The molecular formula is C51H33N5. The smallest absolute Gasteiger partial charge is 0.238 e. The Morgan fingerprint density at radius 1 is 0.286 bits per heavy atom. The first-order valence-electron chi connectivity index (χ1n) is 18.9. The van der Waals surface area contributed by atoms with E-state index in [-0.39, 0.29) is 0 Å². The molecule has 0 atom stereocenters. The van der Waals surface area contributed by atoms with Gasteiger partial charge in [-0.15, -0.1) is 0 Å². The summed E-state index contributed by atoms with van der Waals surface area (Å²) in [5.41, 5.74) is 12.1. The molecule has 0 aliphatic heterocycles. The average molecular weight is 716 g/mol. The summed E-state index contributed by atoms with van der Waals surface area (Å²) in [6.45, 7) is 0. The van der Waals surface area contributed by atoms with Gasteiger partial charge in [0.1, 0.15) is 0 Å². The number of fused-ring (bicyclic) bond motifs is 7. The van der Waals surface area contributed by atoms with E-state index in [0.29, 0.717) is 17.6 Å². The number of nitrogens with zero attached hydrogens (tertiary/aromatic N) is 5. The van der Waals surface area contributed by atoms with E-state index in [1.807, 2.05) is 36.4 Å². The Morgan fingerprint density at radius 3 is 1.30 bits per heavy atom. The van der Waals surface area contributed by atoms with Crippen LogP contribution in [0, 0.1) is 0 Å². The van der Waals surface area contributed by atoms with E-state index in [9.17, 15) is 0 Å². The van der Waals surface area contributed by atoms with Crippen LogP contribution in [0.15, 0.2) is 200 Å². The van der Waals surface area contributed by atoms with Crippen LogP contribution in [-0.2, 0) is 0 Å². The van der Waals surface area contributed by atoms with Gasteiger partial charge in [-0.3, -0.25) is 4.57 Å². The minimum absolute atomic E-state index is 0.580. The predicted molar refractivity (Wildman–Crippen MR) is 230 cm³/mol. The molecule has 0 saturated carbocycles. The van der Waals surface area contributed by atoms with E-state index in [1.54, 1.807) is 0 Å². The number of hydrogen-bond donors (Lipinski definition) is 0. The van der Waals surface area contributed by atoms with E-state index >= 15 is 0 Å². The molecule has 5 nitrogen and oxygen atoms in total. The van der Waals surface area contributed by atoms with Crippen molar-refractivity contribution in [1.82, 2.24) is 24.1 Å². The molecule has 8 aromatic carbocycles. The molecule has 0 aliphatic carbocycles. The minimum atomic E-state index is 0.580. The first-order chi connectivity index (χ1) is 27.8. The lowest BCUT2D eigenvalue weighted by Gasteiger charge is -2.12. The number of aromatic nitrogens is 5. The zero-order valence-corrected chi connectivity index (χ0v) is 30.3. The van der Waals surface area contributed by atoms with Crippen LogP contribution in [0.1, 0.15) is 0 Å². The average Bonchev–Trinajstić information content (AvgIpc) is 3.80. The summed E-state index contributed by atoms with van der Waals surface area (Å²) in [6.07, 6.45) is 0. The molecule has 3 heterocycles. The van der Waals surface area contributed by atoms with Crippen LogP contribution < -0.4 is 0 Å². The molecule has 3 aromatic heterocycles. The highest BCUT2D eigenvalue weighted by molar-refractivity contribution is 6.26. The third-order valence-electron chi connectivity index (χ3n) is 10.8. The van der Waals surface area contributed by atoms with Crippen molar-refractivity contribution in [3.8, 4) is 56.7 Å². The lowest BCUT2D eigenvalue weighted by molar-refractivity contribution is 0.955. The molecule has 11 rings (SSSR count). The molecule has 0 saturated heterocycles. The molecule has 0 spiro atoms. The van der Waals surface area contributed by atoms with Crippen LogP contribution in [0.3, 0.4) is 0 Å². The Balaban J connectivity index is 1.13. The Labute approximate surface area is 323 Å². The van der Waals surface area contributed by atoms with Crippen molar-refractivity contribution in [3.05, 3.63) is 200 Å². The van der Waals surface area contributed by atoms with Gasteiger partial charge in [-0.05, 0) is 52.6 Å². The molecule has 0 N–H and O–H groups in total. The van der Waals surface area contributed by atoms with Gasteiger partial charge in [0.05, 0.1) is 22.1 Å². The maximum atomic E-state index is 5.22. The normalized spacial score (nSPS) is 11.6. The van der Waals surface area contributed by atoms with Crippen LogP contribution in [0.5, 0.6) is 0 Å². The third kappa shape index (κ3) is 5.21. The van der Waals surface area contributed by atoms with Crippen LogP contribution in [0.4, 0.5) is 0 Å². The van der Waals surface area contributed by atoms with Crippen molar-refractivity contribution in [2.24, 2.45) is 0 Å². The molecule has 0 fully saturated rings. The maximum Gasteiger partial charge on any atom is 0.238 e. The van der Waals surface area contributed by atoms with E-state index in [0.717, 1.165) is 55.0 Å². The van der Waals surface area contributed by atoms with Crippen LogP contribution in [-0.4, -0.2) is 24.1 Å². The summed E-state index contributed by atoms with van der Waals surface area (Å²) in [4.78, 5) is 15.4. The number of rotatable bonds is 6. The molecule has 5 heteroatoms. The summed E-state index contributed by atoms with van der Waals surface area (Å²) in [5, 5.41) is 4.61. The highest BCUT2D eigenvalue weighted by Gasteiger charge is 2.23. The summed E-state index contributed by atoms with van der Waals surface area (Å²) in [5.74, 6) is 1.84. The topological polar surface area (TPSA) is 48.5 Å². The molecule has 56 heavy (non-hydrogen) atoms. The largest absolute Gasteiger partial charge is 0.309 e. The molecule has 0 bridgehead atoms. The molecule has 0 amide bonds. The second kappa shape index (κ2) is 13.0. The molecular weight excluding hydrogens is 683 g/mol. The van der Waals surface area contributed by atoms with Gasteiger partial charge in [0.15, 0.2) is 11.6 Å². The molecule has 0 radical (unpaired) electrons. The van der Waals surface area contributed by atoms with E-state index in [4.69, 9.17) is 15.0 Å². The predicted octanol–water partition coefficient (Wildman–Crippen LogP) is 12.7. The van der Waals surface area contributed by atoms with Gasteiger partial charge >= 0.3 is 0 Å². The monoisotopic (exact) mass is 715 g/mol. The van der Waals surface area contributed by atoms with Crippen molar-refractivity contribution in [2.75, 3.05) is 0 Å². The highest BCUT2D eigenvalue weighted by Crippen LogP contribution is 2.42. The SMILES string of the molecule is c1ccc(-c2ccc(-c3ccc(-n4c5ccccc5c5c4ccc4c6ccccc6n(-c6nc(-c7ccccc7)nc(-c7ccccc7)n6)c45)cc3)cc2)cc1. The number of hydrogen-bond acceptors (Lipinski definition) is 3. The van der Waals surface area contributed by atoms with Crippen LogP contribution in [0.2, 0.25) is 0 Å². The van der Waals surface area contributed by atoms with Gasteiger partial charge in [-0.1, -0.05) is 170 Å². The zero-order valence-electron chi connectivity index (χ0n) is 30.3. The molecule has 11 aromatic rings. The quantitative estimate of drug-likeness (QED) is 0.172. The second-order valence-corrected chi connectivity index (χ2v) is 14.1.